The molecular formula is C21H48O6Si2. The van der Waals surface area contributed by atoms with Gasteiger partial charge in [0, 0.05) is 51.7 Å². The van der Waals surface area contributed by atoms with Gasteiger partial charge in [-0.15, -0.1) is 0 Å². The number of hydrogen-bond acceptors (Lipinski definition) is 6. The molecule has 0 heterocycles. The third-order valence-electron chi connectivity index (χ3n) is 4.95. The number of rotatable bonds is 21. The molecule has 0 N–H and O–H groups in total. The van der Waals surface area contributed by atoms with Gasteiger partial charge in [-0.1, -0.05) is 26.2 Å². The van der Waals surface area contributed by atoms with Crippen LogP contribution in [0.5, 0.6) is 0 Å². The summed E-state index contributed by atoms with van der Waals surface area (Å²) >= 11 is 0. The average molecular weight is 453 g/mol. The van der Waals surface area contributed by atoms with Gasteiger partial charge in [0.05, 0.1) is 0 Å². The molecule has 0 rings (SSSR count). The molecule has 0 aromatic heterocycles. The third-order valence-corrected chi connectivity index (χ3v) is 11.3. The molecule has 0 unspecified atom stereocenters. The van der Waals surface area contributed by atoms with E-state index < -0.39 is 17.6 Å². The Bertz CT molecular complexity index is 307. The molecule has 0 aliphatic rings. The van der Waals surface area contributed by atoms with Crippen LogP contribution in [0.1, 0.15) is 80.6 Å². The Morgan fingerprint density at radius 2 is 0.759 bits per heavy atom. The first-order valence-corrected chi connectivity index (χ1v) is 15.7. The van der Waals surface area contributed by atoms with E-state index in [0.29, 0.717) is 45.6 Å². The molecule has 0 amide bonds. The summed E-state index contributed by atoms with van der Waals surface area (Å²) in [5, 5.41) is 0. The summed E-state index contributed by atoms with van der Waals surface area (Å²) in [7, 11) is -5.04. The average Bonchev–Trinajstić information content (AvgIpc) is 2.68. The predicted molar refractivity (Wildman–Crippen MR) is 123 cm³/mol. The SMILES string of the molecule is CCO[Si](CCCC(CC)CCC[Si](OCC)(OCC)OCC)(OCC)OCC. The van der Waals surface area contributed by atoms with Crippen molar-refractivity contribution in [1.82, 2.24) is 0 Å². The minimum absolute atomic E-state index is 0.641. The Morgan fingerprint density at radius 3 is 0.966 bits per heavy atom. The van der Waals surface area contributed by atoms with Crippen molar-refractivity contribution in [3.63, 3.8) is 0 Å². The molecule has 0 saturated carbocycles. The van der Waals surface area contributed by atoms with E-state index >= 15 is 0 Å². The maximum atomic E-state index is 5.98. The summed E-state index contributed by atoms with van der Waals surface area (Å²) in [4.78, 5) is 0. The fraction of sp³-hybridized carbons (Fsp3) is 1.00. The van der Waals surface area contributed by atoms with Crippen LogP contribution in [0.15, 0.2) is 0 Å². The Balaban J connectivity index is 4.63. The van der Waals surface area contributed by atoms with Crippen molar-refractivity contribution in [3.8, 4) is 0 Å². The van der Waals surface area contributed by atoms with E-state index in [1.807, 2.05) is 41.5 Å². The highest BCUT2D eigenvalue weighted by molar-refractivity contribution is 6.61. The van der Waals surface area contributed by atoms with Crippen LogP contribution in [0.25, 0.3) is 0 Å². The van der Waals surface area contributed by atoms with Crippen LogP contribution in [-0.2, 0) is 26.6 Å². The first kappa shape index (κ1) is 29.2. The van der Waals surface area contributed by atoms with Crippen LogP contribution >= 0.6 is 0 Å². The molecular weight excluding hydrogens is 404 g/mol. The molecule has 0 atom stereocenters. The van der Waals surface area contributed by atoms with E-state index in [1.54, 1.807) is 0 Å². The van der Waals surface area contributed by atoms with Gasteiger partial charge in [-0.05, 0) is 60.3 Å². The summed E-state index contributed by atoms with van der Waals surface area (Å²) in [6, 6.07) is 1.79. The fourth-order valence-corrected chi connectivity index (χ4v) is 9.05. The smallest absolute Gasteiger partial charge is 0.374 e. The summed E-state index contributed by atoms with van der Waals surface area (Å²) < 4.78 is 35.9. The first-order valence-electron chi connectivity index (χ1n) is 11.8. The number of hydrogen-bond donors (Lipinski definition) is 0. The van der Waals surface area contributed by atoms with E-state index in [4.69, 9.17) is 26.6 Å². The van der Waals surface area contributed by atoms with Crippen LogP contribution in [0, 0.1) is 5.92 Å². The normalized spacial score (nSPS) is 12.8. The van der Waals surface area contributed by atoms with Gasteiger partial charge < -0.3 is 26.6 Å². The second kappa shape index (κ2) is 17.8. The zero-order chi connectivity index (χ0) is 22.0. The molecule has 0 fully saturated rings. The highest BCUT2D eigenvalue weighted by Crippen LogP contribution is 2.27. The quantitative estimate of drug-likeness (QED) is 0.209. The third kappa shape index (κ3) is 12.0. The van der Waals surface area contributed by atoms with Crippen molar-refractivity contribution < 1.29 is 26.6 Å². The monoisotopic (exact) mass is 452 g/mol. The van der Waals surface area contributed by atoms with Gasteiger partial charge in [0.1, 0.15) is 0 Å². The van der Waals surface area contributed by atoms with Gasteiger partial charge in [-0.2, -0.15) is 0 Å². The van der Waals surface area contributed by atoms with Gasteiger partial charge in [-0.25, -0.2) is 0 Å². The Morgan fingerprint density at radius 1 is 0.483 bits per heavy atom. The summed E-state index contributed by atoms with van der Waals surface area (Å²) in [5.74, 6) is 0.683. The van der Waals surface area contributed by atoms with Crippen molar-refractivity contribution in [3.05, 3.63) is 0 Å². The molecule has 0 aromatic carbocycles. The van der Waals surface area contributed by atoms with Gasteiger partial charge in [-0.3, -0.25) is 0 Å². The van der Waals surface area contributed by atoms with E-state index in [-0.39, 0.29) is 0 Å². The van der Waals surface area contributed by atoms with Gasteiger partial charge in [0.25, 0.3) is 0 Å². The van der Waals surface area contributed by atoms with Crippen LogP contribution < -0.4 is 0 Å². The topological polar surface area (TPSA) is 55.4 Å². The molecule has 8 heteroatoms. The Labute approximate surface area is 182 Å². The minimum Gasteiger partial charge on any atom is -0.374 e. The minimum atomic E-state index is -2.52. The summed E-state index contributed by atoms with van der Waals surface area (Å²) in [6.45, 7) is 18.2. The lowest BCUT2D eigenvalue weighted by Gasteiger charge is -2.30. The molecule has 6 nitrogen and oxygen atoms in total. The van der Waals surface area contributed by atoms with Gasteiger partial charge in [0.15, 0.2) is 0 Å². The summed E-state index contributed by atoms with van der Waals surface area (Å²) in [6.07, 6.45) is 5.68. The Hall–Kier alpha value is 0.194. The zero-order valence-electron chi connectivity index (χ0n) is 20.2. The van der Waals surface area contributed by atoms with Crippen LogP contribution in [-0.4, -0.2) is 57.3 Å². The van der Waals surface area contributed by atoms with E-state index in [9.17, 15) is 0 Å². The van der Waals surface area contributed by atoms with Crippen LogP contribution in [0.3, 0.4) is 0 Å². The van der Waals surface area contributed by atoms with E-state index in [2.05, 4.69) is 6.92 Å². The molecule has 0 aliphatic carbocycles. The fourth-order valence-electron chi connectivity index (χ4n) is 3.77. The molecule has 0 aromatic rings. The first-order chi connectivity index (χ1) is 14.0. The maximum absolute atomic E-state index is 5.98. The van der Waals surface area contributed by atoms with Gasteiger partial charge in [0.2, 0.25) is 0 Å². The molecule has 0 aliphatic heterocycles. The molecule has 0 spiro atoms. The maximum Gasteiger partial charge on any atom is 0.500 e. The van der Waals surface area contributed by atoms with Crippen LogP contribution in [0.4, 0.5) is 0 Å². The zero-order valence-corrected chi connectivity index (χ0v) is 22.2. The van der Waals surface area contributed by atoms with Gasteiger partial charge >= 0.3 is 17.6 Å². The van der Waals surface area contributed by atoms with Crippen LogP contribution in [0.2, 0.25) is 12.1 Å². The predicted octanol–water partition coefficient (Wildman–Crippen LogP) is 5.67. The largest absolute Gasteiger partial charge is 0.500 e. The standard InChI is InChI=1S/C21H48O6Si2/c1-8-21(17-15-19-28(22-9-2,23-10-3)24-11-4)18-16-20-29(25-12-5,26-13-6)27-14-7/h21H,8-20H2,1-7H3. The second-order valence-corrected chi connectivity index (χ2v) is 12.5. The molecule has 29 heavy (non-hydrogen) atoms. The second-order valence-electron chi connectivity index (χ2n) is 7.02. The highest BCUT2D eigenvalue weighted by Gasteiger charge is 2.41. The van der Waals surface area contributed by atoms with Crippen molar-refractivity contribution >= 4 is 17.6 Å². The molecule has 176 valence electrons. The molecule has 0 radical (unpaired) electrons. The molecule has 0 bridgehead atoms. The lowest BCUT2D eigenvalue weighted by molar-refractivity contribution is 0.0702. The van der Waals surface area contributed by atoms with Crippen molar-refractivity contribution in [2.45, 2.75) is 92.7 Å². The lowest BCUT2D eigenvalue weighted by Crippen LogP contribution is -2.46. The Kier molecular flexibility index (Phi) is 18.0. The highest BCUT2D eigenvalue weighted by atomic mass is 28.4. The summed E-state index contributed by atoms with van der Waals surface area (Å²) in [5.41, 5.74) is 0. The molecule has 0 saturated heterocycles. The van der Waals surface area contributed by atoms with Crippen molar-refractivity contribution in [2.24, 2.45) is 5.92 Å². The van der Waals surface area contributed by atoms with E-state index in [1.165, 1.54) is 19.3 Å². The lowest BCUT2D eigenvalue weighted by atomic mass is 9.96. The van der Waals surface area contributed by atoms with Crippen molar-refractivity contribution in [1.29, 1.82) is 0 Å². The van der Waals surface area contributed by atoms with Crippen molar-refractivity contribution in [2.75, 3.05) is 39.6 Å². The van der Waals surface area contributed by atoms with E-state index in [0.717, 1.165) is 24.9 Å².